The maximum Gasteiger partial charge on any atom is 0.226 e. The van der Waals surface area contributed by atoms with Crippen molar-refractivity contribution in [1.29, 1.82) is 0 Å². The van der Waals surface area contributed by atoms with Gasteiger partial charge in [-0.25, -0.2) is 0 Å². The molecular formula is C17H16N2O2. The zero-order valence-electron chi connectivity index (χ0n) is 11.8. The molecule has 0 spiro atoms. The minimum Gasteiger partial charge on any atom is -0.496 e. The summed E-state index contributed by atoms with van der Waals surface area (Å²) in [4.78, 5) is 16.1. The van der Waals surface area contributed by atoms with Crippen molar-refractivity contribution in [3.63, 3.8) is 0 Å². The van der Waals surface area contributed by atoms with Crippen LogP contribution in [-0.2, 0) is 17.8 Å². The Balaban J connectivity index is 1.94. The number of methoxy groups -OCH3 is 1. The number of nitrogens with one attached hydrogen (secondary N) is 1. The third-order valence-electron chi connectivity index (χ3n) is 3.45. The number of rotatable bonds is 3. The second-order valence-electron chi connectivity index (χ2n) is 4.87. The highest BCUT2D eigenvalue weighted by Crippen LogP contribution is 2.25. The first-order chi connectivity index (χ1) is 10.3. The molecule has 2 aromatic rings. The van der Waals surface area contributed by atoms with Gasteiger partial charge in [0.25, 0.3) is 0 Å². The monoisotopic (exact) mass is 280 g/mol. The molecule has 1 N–H and O–H groups in total. The first kappa shape index (κ1) is 13.4. The predicted molar refractivity (Wildman–Crippen MR) is 81.7 cm³/mol. The lowest BCUT2D eigenvalue weighted by molar-refractivity contribution is -0.121. The minimum absolute atomic E-state index is 0.00115. The molecule has 0 bridgehead atoms. The quantitative estimate of drug-likeness (QED) is 0.939. The number of benzene rings is 1. The van der Waals surface area contributed by atoms with Crippen LogP contribution >= 0.6 is 0 Å². The number of carbonyl (C=O) groups excluding carboxylic acids is 1. The average Bonchev–Trinajstić information content (AvgIpc) is 2.52. The molecule has 0 saturated heterocycles. The van der Waals surface area contributed by atoms with Gasteiger partial charge in [0.15, 0.2) is 0 Å². The fourth-order valence-electron chi connectivity index (χ4n) is 2.37. The van der Waals surface area contributed by atoms with Crippen molar-refractivity contribution in [3.05, 3.63) is 58.9 Å². The highest BCUT2D eigenvalue weighted by Gasteiger charge is 2.20. The van der Waals surface area contributed by atoms with Gasteiger partial charge in [0.05, 0.1) is 24.9 Å². The second-order valence-corrected chi connectivity index (χ2v) is 4.87. The number of amides is 1. The van der Waals surface area contributed by atoms with Crippen molar-refractivity contribution in [2.75, 3.05) is 7.11 Å². The molecule has 2 heterocycles. The van der Waals surface area contributed by atoms with E-state index in [4.69, 9.17) is 4.74 Å². The number of carbonyl (C=O) groups is 1. The molecule has 0 aliphatic carbocycles. The summed E-state index contributed by atoms with van der Waals surface area (Å²) in [6.45, 7) is 0.479. The third kappa shape index (κ3) is 2.94. The van der Waals surface area contributed by atoms with E-state index < -0.39 is 0 Å². The van der Waals surface area contributed by atoms with Gasteiger partial charge in [0.2, 0.25) is 5.91 Å². The van der Waals surface area contributed by atoms with E-state index in [1.54, 1.807) is 7.11 Å². The number of nitrogens with zero attached hydrogens (tertiary/aromatic N) is 1. The van der Waals surface area contributed by atoms with Gasteiger partial charge in [-0.05, 0) is 11.6 Å². The van der Waals surface area contributed by atoms with Crippen LogP contribution in [0.3, 0.4) is 0 Å². The van der Waals surface area contributed by atoms with Gasteiger partial charge >= 0.3 is 0 Å². The summed E-state index contributed by atoms with van der Waals surface area (Å²) in [6.07, 6.45) is 4.24. The molecule has 0 saturated carbocycles. The van der Waals surface area contributed by atoms with E-state index in [1.807, 2.05) is 48.6 Å². The Morgan fingerprint density at radius 3 is 2.81 bits per heavy atom. The van der Waals surface area contributed by atoms with Crippen molar-refractivity contribution >= 4 is 18.1 Å². The number of hydrogen-bond acceptors (Lipinski definition) is 3. The lowest BCUT2D eigenvalue weighted by Crippen LogP contribution is -2.31. The number of fused-ring (bicyclic) bond motifs is 1. The molecule has 1 aliphatic heterocycles. The SMILES string of the molecule is COc1cc(C=Cc2ccccc2)nc2c1CNC(=O)C2. The molecule has 4 heteroatoms. The van der Waals surface area contributed by atoms with Crippen LogP contribution in [0.1, 0.15) is 22.5 Å². The summed E-state index contributed by atoms with van der Waals surface area (Å²) < 4.78 is 5.42. The Labute approximate surface area is 123 Å². The molecule has 0 atom stereocenters. The van der Waals surface area contributed by atoms with E-state index in [0.29, 0.717) is 13.0 Å². The summed E-state index contributed by atoms with van der Waals surface area (Å²) >= 11 is 0. The summed E-state index contributed by atoms with van der Waals surface area (Å²) in [5, 5.41) is 2.81. The summed E-state index contributed by atoms with van der Waals surface area (Å²) in [5.41, 5.74) is 3.66. The van der Waals surface area contributed by atoms with E-state index in [9.17, 15) is 4.79 Å². The Morgan fingerprint density at radius 1 is 1.24 bits per heavy atom. The smallest absolute Gasteiger partial charge is 0.226 e. The van der Waals surface area contributed by atoms with Crippen LogP contribution in [-0.4, -0.2) is 18.0 Å². The zero-order valence-corrected chi connectivity index (χ0v) is 11.8. The van der Waals surface area contributed by atoms with Crippen LogP contribution in [0.25, 0.3) is 12.2 Å². The largest absolute Gasteiger partial charge is 0.496 e. The van der Waals surface area contributed by atoms with Crippen molar-refractivity contribution in [3.8, 4) is 5.75 Å². The molecule has 1 aliphatic rings. The van der Waals surface area contributed by atoms with Crippen molar-refractivity contribution in [2.45, 2.75) is 13.0 Å². The highest BCUT2D eigenvalue weighted by molar-refractivity contribution is 5.81. The molecule has 0 fully saturated rings. The predicted octanol–water partition coefficient (Wildman–Crippen LogP) is 2.43. The van der Waals surface area contributed by atoms with Crippen LogP contribution in [0, 0.1) is 0 Å². The normalized spacial score (nSPS) is 13.9. The topological polar surface area (TPSA) is 51.2 Å². The standard InChI is InChI=1S/C17H16N2O2/c1-21-16-9-13(8-7-12-5-3-2-4-6-12)19-15-10-17(20)18-11-14(15)16/h2-9H,10-11H2,1H3,(H,18,20). The Bertz CT molecular complexity index is 693. The van der Waals surface area contributed by atoms with Crippen LogP contribution in [0.2, 0.25) is 0 Å². The molecular weight excluding hydrogens is 264 g/mol. The summed E-state index contributed by atoms with van der Waals surface area (Å²) in [6, 6.07) is 11.9. The van der Waals surface area contributed by atoms with E-state index in [2.05, 4.69) is 10.3 Å². The van der Waals surface area contributed by atoms with Crippen molar-refractivity contribution in [2.24, 2.45) is 0 Å². The average molecular weight is 280 g/mol. The molecule has 1 aromatic carbocycles. The third-order valence-corrected chi connectivity index (χ3v) is 3.45. The maximum absolute atomic E-state index is 11.5. The zero-order chi connectivity index (χ0) is 14.7. The van der Waals surface area contributed by atoms with E-state index in [1.165, 1.54) is 0 Å². The fourth-order valence-corrected chi connectivity index (χ4v) is 2.37. The summed E-state index contributed by atoms with van der Waals surface area (Å²) in [5.74, 6) is 0.772. The Hall–Kier alpha value is -2.62. The molecule has 3 rings (SSSR count). The highest BCUT2D eigenvalue weighted by atomic mass is 16.5. The fraction of sp³-hybridized carbons (Fsp3) is 0.176. The first-order valence-corrected chi connectivity index (χ1v) is 6.83. The lowest BCUT2D eigenvalue weighted by atomic mass is 10.0. The minimum atomic E-state index is 0.00115. The lowest BCUT2D eigenvalue weighted by Gasteiger charge is -2.19. The maximum atomic E-state index is 11.5. The van der Waals surface area contributed by atoms with Crippen LogP contribution < -0.4 is 10.1 Å². The molecule has 1 aromatic heterocycles. The Morgan fingerprint density at radius 2 is 2.05 bits per heavy atom. The van der Waals surface area contributed by atoms with Crippen molar-refractivity contribution < 1.29 is 9.53 Å². The van der Waals surface area contributed by atoms with E-state index in [-0.39, 0.29) is 5.91 Å². The molecule has 21 heavy (non-hydrogen) atoms. The summed E-state index contributed by atoms with van der Waals surface area (Å²) in [7, 11) is 1.64. The molecule has 0 radical (unpaired) electrons. The van der Waals surface area contributed by atoms with Gasteiger partial charge in [-0.15, -0.1) is 0 Å². The molecule has 106 valence electrons. The molecule has 0 unspecified atom stereocenters. The number of hydrogen-bond donors (Lipinski definition) is 1. The number of pyridine rings is 1. The van der Waals surface area contributed by atoms with Gasteiger partial charge in [-0.1, -0.05) is 36.4 Å². The molecule has 4 nitrogen and oxygen atoms in total. The number of ether oxygens (including phenoxy) is 1. The van der Waals surface area contributed by atoms with Crippen LogP contribution in [0.15, 0.2) is 36.4 Å². The molecule has 1 amide bonds. The Kier molecular flexibility index (Phi) is 3.69. The van der Waals surface area contributed by atoms with Gasteiger partial charge in [-0.2, -0.15) is 0 Å². The van der Waals surface area contributed by atoms with E-state index in [0.717, 1.165) is 28.3 Å². The van der Waals surface area contributed by atoms with E-state index >= 15 is 0 Å². The van der Waals surface area contributed by atoms with Crippen LogP contribution in [0.4, 0.5) is 0 Å². The van der Waals surface area contributed by atoms with Crippen LogP contribution in [0.5, 0.6) is 5.75 Å². The first-order valence-electron chi connectivity index (χ1n) is 6.83. The van der Waals surface area contributed by atoms with Gasteiger partial charge in [0, 0.05) is 18.2 Å². The van der Waals surface area contributed by atoms with Gasteiger partial charge < -0.3 is 10.1 Å². The van der Waals surface area contributed by atoms with Gasteiger partial charge in [-0.3, -0.25) is 9.78 Å². The van der Waals surface area contributed by atoms with Gasteiger partial charge in [0.1, 0.15) is 5.75 Å². The second kappa shape index (κ2) is 5.79. The number of aromatic nitrogens is 1. The van der Waals surface area contributed by atoms with Crippen molar-refractivity contribution in [1.82, 2.24) is 10.3 Å².